The fourth-order valence-corrected chi connectivity index (χ4v) is 4.88. The Labute approximate surface area is 228 Å². The molecule has 1 saturated heterocycles. The zero-order chi connectivity index (χ0) is 26.4. The van der Waals surface area contributed by atoms with Gasteiger partial charge in [0, 0.05) is 10.2 Å². The van der Waals surface area contributed by atoms with Gasteiger partial charge in [0.1, 0.15) is 0 Å². The van der Waals surface area contributed by atoms with Crippen LogP contribution in [0.2, 0.25) is 0 Å². The first-order chi connectivity index (χ1) is 17.9. The number of rotatable bonds is 9. The Bertz CT molecular complexity index is 1370. The number of benzene rings is 3. The van der Waals surface area contributed by atoms with Crippen LogP contribution in [0.3, 0.4) is 0 Å². The van der Waals surface area contributed by atoms with Crippen LogP contribution in [0.15, 0.2) is 76.1 Å². The third-order valence-electron chi connectivity index (χ3n) is 5.50. The molecule has 1 fully saturated rings. The quantitative estimate of drug-likeness (QED) is 0.294. The molecule has 0 aliphatic carbocycles. The van der Waals surface area contributed by atoms with Gasteiger partial charge in [0.05, 0.1) is 18.1 Å². The predicted octanol–water partition coefficient (Wildman–Crippen LogP) is 6.41. The van der Waals surface area contributed by atoms with Crippen LogP contribution in [0.5, 0.6) is 11.5 Å². The molecular weight excluding hydrogens is 556 g/mol. The zero-order valence-corrected chi connectivity index (χ0v) is 22.7. The molecule has 1 aliphatic heterocycles. The number of anilines is 1. The molecule has 4 rings (SSSR count). The third-order valence-corrected chi connectivity index (χ3v) is 7.18. The van der Waals surface area contributed by atoms with Crippen molar-refractivity contribution in [3.8, 4) is 11.5 Å². The highest BCUT2D eigenvalue weighted by Gasteiger charge is 2.35. The van der Waals surface area contributed by atoms with Crippen molar-refractivity contribution in [2.75, 3.05) is 18.5 Å². The van der Waals surface area contributed by atoms with E-state index in [0.717, 1.165) is 33.0 Å². The molecule has 3 amide bonds. The van der Waals surface area contributed by atoms with Gasteiger partial charge in [0.15, 0.2) is 18.1 Å². The van der Waals surface area contributed by atoms with Gasteiger partial charge < -0.3 is 14.8 Å². The second kappa shape index (κ2) is 12.1. The van der Waals surface area contributed by atoms with Crippen LogP contribution in [-0.2, 0) is 16.1 Å². The van der Waals surface area contributed by atoms with E-state index in [0.29, 0.717) is 28.6 Å². The van der Waals surface area contributed by atoms with E-state index >= 15 is 0 Å². The maximum absolute atomic E-state index is 13.0. The lowest BCUT2D eigenvalue weighted by Crippen LogP contribution is -2.27. The first-order valence-electron chi connectivity index (χ1n) is 11.6. The molecular formula is C28H25BrN2O5S. The normalized spacial score (nSPS) is 14.2. The fraction of sp³-hybridized carbons (Fsp3) is 0.179. The van der Waals surface area contributed by atoms with Crippen LogP contribution < -0.4 is 14.8 Å². The van der Waals surface area contributed by atoms with E-state index in [9.17, 15) is 14.4 Å². The van der Waals surface area contributed by atoms with Crippen molar-refractivity contribution in [3.63, 3.8) is 0 Å². The Kier molecular flexibility index (Phi) is 8.68. The van der Waals surface area contributed by atoms with Crippen LogP contribution in [0.4, 0.5) is 10.5 Å². The number of ether oxygens (including phenoxy) is 2. The average molecular weight is 581 g/mol. The molecule has 190 valence electrons. The van der Waals surface area contributed by atoms with E-state index in [1.165, 1.54) is 4.90 Å². The number of halogens is 1. The molecule has 3 aromatic carbocycles. The van der Waals surface area contributed by atoms with Gasteiger partial charge in [-0.2, -0.15) is 0 Å². The van der Waals surface area contributed by atoms with Gasteiger partial charge in [0.25, 0.3) is 17.1 Å². The van der Waals surface area contributed by atoms with Gasteiger partial charge in [-0.25, -0.2) is 0 Å². The maximum atomic E-state index is 13.0. The highest BCUT2D eigenvalue weighted by molar-refractivity contribution is 9.10. The minimum Gasteiger partial charge on any atom is -0.490 e. The molecule has 0 aromatic heterocycles. The molecule has 9 heteroatoms. The highest BCUT2D eigenvalue weighted by atomic mass is 79.9. The summed E-state index contributed by atoms with van der Waals surface area (Å²) in [6, 6.07) is 20.1. The van der Waals surface area contributed by atoms with Crippen LogP contribution in [-0.4, -0.2) is 35.2 Å². The number of nitrogens with zero attached hydrogens (tertiary/aromatic N) is 1. The summed E-state index contributed by atoms with van der Waals surface area (Å²) in [7, 11) is 0. The van der Waals surface area contributed by atoms with Gasteiger partial charge in [-0.15, -0.1) is 0 Å². The van der Waals surface area contributed by atoms with E-state index < -0.39 is 0 Å². The molecule has 0 radical (unpaired) electrons. The first-order valence-corrected chi connectivity index (χ1v) is 13.2. The van der Waals surface area contributed by atoms with E-state index in [4.69, 9.17) is 9.47 Å². The Hall–Kier alpha value is -3.56. The first kappa shape index (κ1) is 26.5. The van der Waals surface area contributed by atoms with E-state index in [1.54, 1.807) is 24.3 Å². The van der Waals surface area contributed by atoms with Gasteiger partial charge in [0.2, 0.25) is 0 Å². The number of para-hydroxylation sites is 1. The molecule has 0 spiro atoms. The highest BCUT2D eigenvalue weighted by Crippen LogP contribution is 2.36. The van der Waals surface area contributed by atoms with Crippen LogP contribution in [0.25, 0.3) is 6.08 Å². The number of imide groups is 1. The Morgan fingerprint density at radius 3 is 2.54 bits per heavy atom. The van der Waals surface area contributed by atoms with E-state index in [2.05, 4.69) is 21.2 Å². The molecule has 1 heterocycles. The number of hydrogen-bond donors (Lipinski definition) is 1. The topological polar surface area (TPSA) is 84.9 Å². The monoisotopic (exact) mass is 580 g/mol. The molecule has 3 aromatic rings. The summed E-state index contributed by atoms with van der Waals surface area (Å²) in [4.78, 5) is 39.5. The largest absolute Gasteiger partial charge is 0.490 e. The summed E-state index contributed by atoms with van der Waals surface area (Å²) < 4.78 is 12.3. The predicted molar refractivity (Wildman–Crippen MR) is 149 cm³/mol. The fourth-order valence-electron chi connectivity index (χ4n) is 3.63. The lowest BCUT2D eigenvalue weighted by atomic mass is 10.1. The summed E-state index contributed by atoms with van der Waals surface area (Å²) >= 11 is 4.36. The van der Waals surface area contributed by atoms with Crippen LogP contribution >= 0.6 is 27.7 Å². The number of amides is 3. The zero-order valence-electron chi connectivity index (χ0n) is 20.3. The summed E-state index contributed by atoms with van der Waals surface area (Å²) in [6.07, 6.45) is 1.65. The molecule has 0 atom stereocenters. The minimum atomic E-state index is -0.350. The van der Waals surface area contributed by atoms with Crippen molar-refractivity contribution < 1.29 is 23.9 Å². The van der Waals surface area contributed by atoms with Crippen molar-refractivity contribution in [1.29, 1.82) is 0 Å². The second-order valence-electron chi connectivity index (χ2n) is 8.15. The second-order valence-corrected chi connectivity index (χ2v) is 10.00. The maximum Gasteiger partial charge on any atom is 0.293 e. The smallest absolute Gasteiger partial charge is 0.293 e. The third kappa shape index (κ3) is 6.61. The van der Waals surface area contributed by atoms with Crippen molar-refractivity contribution in [1.82, 2.24) is 4.90 Å². The molecule has 0 unspecified atom stereocenters. The minimum absolute atomic E-state index is 0.185. The van der Waals surface area contributed by atoms with Crippen LogP contribution in [0.1, 0.15) is 23.6 Å². The van der Waals surface area contributed by atoms with Crippen molar-refractivity contribution in [3.05, 3.63) is 92.8 Å². The van der Waals surface area contributed by atoms with Gasteiger partial charge in [-0.1, -0.05) is 58.4 Å². The number of hydrogen-bond acceptors (Lipinski definition) is 6. The number of aryl methyl sites for hydroxylation is 1. The SMILES string of the molecule is CCOc1cc(/C=C2\SC(=O)N(Cc3ccccc3Br)C2=O)ccc1OCC(=O)Nc1ccccc1C. The molecule has 1 aliphatic rings. The lowest BCUT2D eigenvalue weighted by Gasteiger charge is -2.14. The Morgan fingerprint density at radius 1 is 1.03 bits per heavy atom. The number of carbonyl (C=O) groups is 3. The standard InChI is InChI=1S/C28H25BrN2O5S/c1-3-35-24-14-19(12-13-23(24)36-17-26(32)30-22-11-7-4-8-18(22)2)15-25-27(33)31(28(34)37-25)16-20-9-5-6-10-21(20)29/h4-15H,3,16-17H2,1-2H3,(H,30,32)/b25-15-. The number of nitrogens with one attached hydrogen (secondary N) is 1. The Balaban J connectivity index is 1.45. The summed E-state index contributed by atoms with van der Waals surface area (Å²) in [5.74, 6) is 0.199. The molecule has 7 nitrogen and oxygen atoms in total. The molecule has 1 N–H and O–H groups in total. The Morgan fingerprint density at radius 2 is 1.78 bits per heavy atom. The summed E-state index contributed by atoms with van der Waals surface area (Å²) in [5.41, 5.74) is 3.20. The van der Waals surface area contributed by atoms with E-state index in [1.807, 2.05) is 62.4 Å². The van der Waals surface area contributed by atoms with Gasteiger partial charge >= 0.3 is 0 Å². The summed E-state index contributed by atoms with van der Waals surface area (Å²) in [5, 5.41) is 2.51. The van der Waals surface area contributed by atoms with Gasteiger partial charge in [-0.3, -0.25) is 19.3 Å². The molecule has 0 bridgehead atoms. The van der Waals surface area contributed by atoms with Crippen LogP contribution in [0, 0.1) is 6.92 Å². The van der Waals surface area contributed by atoms with Crippen molar-refractivity contribution in [2.24, 2.45) is 0 Å². The molecule has 37 heavy (non-hydrogen) atoms. The van der Waals surface area contributed by atoms with Crippen molar-refractivity contribution in [2.45, 2.75) is 20.4 Å². The lowest BCUT2D eigenvalue weighted by molar-refractivity contribution is -0.123. The van der Waals surface area contributed by atoms with E-state index in [-0.39, 0.29) is 30.2 Å². The summed E-state index contributed by atoms with van der Waals surface area (Å²) in [6.45, 7) is 4.14. The number of thioether (sulfide) groups is 1. The van der Waals surface area contributed by atoms with Gasteiger partial charge in [-0.05, 0) is 72.6 Å². The number of carbonyl (C=O) groups excluding carboxylic acids is 3. The average Bonchev–Trinajstić information content (AvgIpc) is 3.13. The van der Waals surface area contributed by atoms with Crippen molar-refractivity contribution >= 4 is 56.5 Å². The molecule has 0 saturated carbocycles.